The van der Waals surface area contributed by atoms with Crippen LogP contribution in [0.2, 0.25) is 0 Å². The second kappa shape index (κ2) is 7.15. The van der Waals surface area contributed by atoms with Gasteiger partial charge in [0.25, 0.3) is 0 Å². The number of rotatable bonds is 4. The van der Waals surface area contributed by atoms with Gasteiger partial charge in [0.2, 0.25) is 11.8 Å². The molecule has 0 fully saturated rings. The zero-order valence-electron chi connectivity index (χ0n) is 15.3. The number of hydrogen-bond donors (Lipinski definition) is 0. The van der Waals surface area contributed by atoms with Crippen LogP contribution in [0.25, 0.3) is 11.1 Å². The topological polar surface area (TPSA) is 68.2 Å². The van der Waals surface area contributed by atoms with E-state index < -0.39 is 0 Å². The van der Waals surface area contributed by atoms with Crippen molar-refractivity contribution in [2.45, 2.75) is 26.4 Å². The number of carbonyl (C=O) groups excluding carboxylic acids is 1. The molecular weight excluding hydrogens is 340 g/mol. The molecule has 136 valence electrons. The predicted octanol–water partition coefficient (Wildman–Crippen LogP) is 3.34. The minimum atomic E-state index is 0.163. The molecule has 4 rings (SSSR count). The van der Waals surface area contributed by atoms with Gasteiger partial charge in [-0.2, -0.15) is 4.98 Å². The number of aromatic nitrogens is 3. The van der Waals surface area contributed by atoms with Crippen LogP contribution in [0.3, 0.4) is 0 Å². The molecule has 0 radical (unpaired) electrons. The summed E-state index contributed by atoms with van der Waals surface area (Å²) in [5, 5.41) is 0. The zero-order valence-corrected chi connectivity index (χ0v) is 15.3. The summed E-state index contributed by atoms with van der Waals surface area (Å²) < 4.78 is 5.74. The molecule has 0 atom stereocenters. The Balaban J connectivity index is 1.55. The second-order valence-electron chi connectivity index (χ2n) is 6.61. The maximum absolute atomic E-state index is 11.9. The monoisotopic (exact) mass is 360 g/mol. The summed E-state index contributed by atoms with van der Waals surface area (Å²) in [6, 6.07) is 10.00. The normalized spacial score (nSPS) is 13.4. The van der Waals surface area contributed by atoms with E-state index in [1.807, 2.05) is 32.3 Å². The fraction of sp³-hybridized carbons (Fsp3) is 0.238. The lowest BCUT2D eigenvalue weighted by Gasteiger charge is -2.26. The molecule has 0 N–H and O–H groups in total. The van der Waals surface area contributed by atoms with Crippen LogP contribution in [0.15, 0.2) is 48.9 Å². The van der Waals surface area contributed by atoms with Gasteiger partial charge in [0.15, 0.2) is 0 Å². The highest BCUT2D eigenvalue weighted by Gasteiger charge is 2.21. The molecule has 0 saturated carbocycles. The van der Waals surface area contributed by atoms with Crippen molar-refractivity contribution >= 4 is 11.6 Å². The molecule has 1 aromatic carbocycles. The minimum Gasteiger partial charge on any atom is -0.473 e. The second-order valence-corrected chi connectivity index (χ2v) is 6.61. The highest BCUT2D eigenvalue weighted by Crippen LogP contribution is 2.31. The van der Waals surface area contributed by atoms with E-state index in [0.29, 0.717) is 24.7 Å². The molecule has 0 aliphatic carbocycles. The van der Waals surface area contributed by atoms with Gasteiger partial charge in [-0.15, -0.1) is 0 Å². The lowest BCUT2D eigenvalue weighted by atomic mass is 9.96. The zero-order chi connectivity index (χ0) is 18.8. The van der Waals surface area contributed by atoms with Gasteiger partial charge >= 0.3 is 0 Å². The molecule has 1 aliphatic heterocycles. The van der Waals surface area contributed by atoms with Crippen molar-refractivity contribution in [1.82, 2.24) is 15.0 Å². The third-order valence-electron chi connectivity index (χ3n) is 4.69. The van der Waals surface area contributed by atoms with Gasteiger partial charge in [0, 0.05) is 54.9 Å². The van der Waals surface area contributed by atoms with E-state index in [1.54, 1.807) is 23.4 Å². The molecular formula is C21H20N4O2. The van der Waals surface area contributed by atoms with E-state index in [1.165, 1.54) is 5.56 Å². The number of aryl methyl sites for hydroxylation is 2. The van der Waals surface area contributed by atoms with Crippen molar-refractivity contribution in [1.29, 1.82) is 0 Å². The summed E-state index contributed by atoms with van der Waals surface area (Å²) in [4.78, 5) is 26.3. The van der Waals surface area contributed by atoms with Gasteiger partial charge in [0.1, 0.15) is 12.4 Å². The third kappa shape index (κ3) is 3.65. The Morgan fingerprint density at radius 3 is 2.85 bits per heavy atom. The van der Waals surface area contributed by atoms with Crippen LogP contribution in [0, 0.1) is 6.92 Å². The van der Waals surface area contributed by atoms with Crippen LogP contribution in [0.1, 0.15) is 23.4 Å². The van der Waals surface area contributed by atoms with E-state index in [9.17, 15) is 4.79 Å². The Kier molecular flexibility index (Phi) is 4.54. The molecule has 3 heterocycles. The lowest BCUT2D eigenvalue weighted by Crippen LogP contribution is -2.30. The first-order valence-electron chi connectivity index (χ1n) is 8.86. The van der Waals surface area contributed by atoms with Crippen LogP contribution in [-0.4, -0.2) is 27.9 Å². The van der Waals surface area contributed by atoms with E-state index in [2.05, 4.69) is 27.1 Å². The van der Waals surface area contributed by atoms with Crippen molar-refractivity contribution < 1.29 is 9.53 Å². The molecule has 0 saturated heterocycles. The van der Waals surface area contributed by atoms with Gasteiger partial charge < -0.3 is 9.64 Å². The summed E-state index contributed by atoms with van der Waals surface area (Å²) in [7, 11) is 1.83. The average Bonchev–Trinajstić information content (AvgIpc) is 2.69. The van der Waals surface area contributed by atoms with Crippen molar-refractivity contribution in [3.05, 3.63) is 65.9 Å². The van der Waals surface area contributed by atoms with Crippen molar-refractivity contribution in [3.63, 3.8) is 0 Å². The number of carbonyl (C=O) groups is 1. The fourth-order valence-corrected chi connectivity index (χ4v) is 3.23. The Hall–Kier alpha value is -3.28. The van der Waals surface area contributed by atoms with Crippen molar-refractivity contribution in [3.8, 4) is 17.0 Å². The lowest BCUT2D eigenvalue weighted by molar-refractivity contribution is -0.118. The summed E-state index contributed by atoms with van der Waals surface area (Å²) in [6.45, 7) is 2.22. The summed E-state index contributed by atoms with van der Waals surface area (Å²) in [5.41, 5.74) is 5.25. The number of benzene rings is 1. The van der Waals surface area contributed by atoms with Crippen molar-refractivity contribution in [2.24, 2.45) is 0 Å². The molecule has 2 aromatic heterocycles. The maximum Gasteiger partial charge on any atom is 0.227 e. The molecule has 1 aliphatic rings. The number of fused-ring (bicyclic) bond motifs is 1. The first-order chi connectivity index (χ1) is 13.1. The van der Waals surface area contributed by atoms with Gasteiger partial charge in [-0.05, 0) is 42.7 Å². The Bertz CT molecular complexity index is 1000. The molecule has 3 aromatic rings. The average molecular weight is 360 g/mol. The van der Waals surface area contributed by atoms with Crippen LogP contribution >= 0.6 is 0 Å². The molecule has 1 amide bonds. The molecule has 0 spiro atoms. The highest BCUT2D eigenvalue weighted by molar-refractivity contribution is 5.96. The van der Waals surface area contributed by atoms with E-state index in [4.69, 9.17) is 4.74 Å². The molecule has 6 nitrogen and oxygen atoms in total. The SMILES string of the molecule is Cc1nccc(OCc2cncc(-c3ccc4c(c3)CCC(=O)N4C)c2)n1. The van der Waals surface area contributed by atoms with Crippen LogP contribution in [-0.2, 0) is 17.8 Å². The highest BCUT2D eigenvalue weighted by atomic mass is 16.5. The Morgan fingerprint density at radius 1 is 1.11 bits per heavy atom. The van der Waals surface area contributed by atoms with Gasteiger partial charge in [-0.25, -0.2) is 4.98 Å². The van der Waals surface area contributed by atoms with E-state index in [-0.39, 0.29) is 5.91 Å². The third-order valence-corrected chi connectivity index (χ3v) is 4.69. The van der Waals surface area contributed by atoms with Crippen LogP contribution < -0.4 is 9.64 Å². The minimum absolute atomic E-state index is 0.163. The number of nitrogens with zero attached hydrogens (tertiary/aromatic N) is 4. The largest absolute Gasteiger partial charge is 0.473 e. The van der Waals surface area contributed by atoms with Crippen LogP contribution in [0.5, 0.6) is 5.88 Å². The van der Waals surface area contributed by atoms with Crippen molar-refractivity contribution in [2.75, 3.05) is 11.9 Å². The number of hydrogen-bond acceptors (Lipinski definition) is 5. The first kappa shape index (κ1) is 17.1. The molecule has 27 heavy (non-hydrogen) atoms. The summed E-state index contributed by atoms with van der Waals surface area (Å²) in [6.07, 6.45) is 6.65. The Labute approximate surface area is 157 Å². The quantitative estimate of drug-likeness (QED) is 0.714. The summed E-state index contributed by atoms with van der Waals surface area (Å²) >= 11 is 0. The van der Waals surface area contributed by atoms with Gasteiger partial charge in [-0.1, -0.05) is 6.07 Å². The van der Waals surface area contributed by atoms with Gasteiger partial charge in [0.05, 0.1) is 0 Å². The summed E-state index contributed by atoms with van der Waals surface area (Å²) in [5.74, 6) is 1.39. The maximum atomic E-state index is 11.9. The Morgan fingerprint density at radius 2 is 2.00 bits per heavy atom. The molecule has 0 bridgehead atoms. The molecule has 6 heteroatoms. The number of anilines is 1. The van der Waals surface area contributed by atoms with Crippen LogP contribution in [0.4, 0.5) is 5.69 Å². The van der Waals surface area contributed by atoms with E-state index in [0.717, 1.165) is 28.8 Å². The first-order valence-corrected chi connectivity index (χ1v) is 8.86. The smallest absolute Gasteiger partial charge is 0.227 e. The van der Waals surface area contributed by atoms with E-state index >= 15 is 0 Å². The fourth-order valence-electron chi connectivity index (χ4n) is 3.23. The number of amides is 1. The van der Waals surface area contributed by atoms with Gasteiger partial charge in [-0.3, -0.25) is 9.78 Å². The number of ether oxygens (including phenoxy) is 1. The standard InChI is InChI=1S/C21H20N4O2/c1-14-23-8-7-20(24-14)27-13-15-9-18(12-22-11-15)16-3-5-19-17(10-16)4-6-21(26)25(19)2/h3,5,7-12H,4,6,13H2,1-2H3. The molecule has 0 unspecified atom stereocenters. The number of pyridine rings is 1. The predicted molar refractivity (Wildman–Crippen MR) is 103 cm³/mol.